The lowest BCUT2D eigenvalue weighted by atomic mass is 9.94. The van der Waals surface area contributed by atoms with Crippen LogP contribution in [0.5, 0.6) is 11.5 Å². The molecule has 1 amide bonds. The van der Waals surface area contributed by atoms with Gasteiger partial charge in [0, 0.05) is 34.9 Å². The number of carboxylic acids is 1. The van der Waals surface area contributed by atoms with Crippen molar-refractivity contribution in [2.45, 2.75) is 57.7 Å². The molecule has 5 rings (SSSR count). The average Bonchev–Trinajstić information content (AvgIpc) is 3.26. The van der Waals surface area contributed by atoms with Crippen molar-refractivity contribution in [1.82, 2.24) is 15.3 Å². The van der Waals surface area contributed by atoms with Crippen molar-refractivity contribution in [1.29, 1.82) is 0 Å². The number of hydrogen-bond donors (Lipinski definition) is 3. The molecule has 2 heterocycles. The SMILES string of the molecule is C=CC1C[C@]1(NC(=O)[C@@H]1C[C@@H](Oc2cc(-c3csc(NC(C)C)n3)nc3cc(OC)ccc23)C[C@H]1C(=O)O)C(=O)OCC. The zero-order chi connectivity index (χ0) is 30.9. The summed E-state index contributed by atoms with van der Waals surface area (Å²) in [7, 11) is 1.58. The van der Waals surface area contributed by atoms with Crippen LogP contribution in [0, 0.1) is 17.8 Å². The van der Waals surface area contributed by atoms with Gasteiger partial charge < -0.3 is 30.0 Å². The highest BCUT2D eigenvalue weighted by molar-refractivity contribution is 7.14. The van der Waals surface area contributed by atoms with E-state index in [-0.39, 0.29) is 31.4 Å². The van der Waals surface area contributed by atoms with Crippen LogP contribution >= 0.6 is 11.3 Å². The number of aliphatic carboxylic acids is 1. The Morgan fingerprint density at radius 3 is 2.60 bits per heavy atom. The smallest absolute Gasteiger partial charge is 0.332 e. The highest BCUT2D eigenvalue weighted by Crippen LogP contribution is 2.47. The summed E-state index contributed by atoms with van der Waals surface area (Å²) in [5.74, 6) is -3.16. The quantitative estimate of drug-likeness (QED) is 0.196. The lowest BCUT2D eigenvalue weighted by molar-refractivity contribution is -0.150. The number of aromatic nitrogens is 2. The number of esters is 1. The average molecular weight is 609 g/mol. The predicted octanol–water partition coefficient (Wildman–Crippen LogP) is 4.67. The van der Waals surface area contributed by atoms with Gasteiger partial charge in [-0.25, -0.2) is 14.8 Å². The lowest BCUT2D eigenvalue weighted by Gasteiger charge is -2.21. The molecule has 2 fully saturated rings. The van der Waals surface area contributed by atoms with Crippen molar-refractivity contribution in [3.05, 3.63) is 42.3 Å². The number of nitrogens with zero attached hydrogens (tertiary/aromatic N) is 2. The van der Waals surface area contributed by atoms with E-state index in [1.54, 1.807) is 38.3 Å². The van der Waals surface area contributed by atoms with Crippen LogP contribution in [0.15, 0.2) is 42.3 Å². The van der Waals surface area contributed by atoms with E-state index in [0.717, 1.165) is 5.13 Å². The lowest BCUT2D eigenvalue weighted by Crippen LogP contribution is -2.49. The monoisotopic (exact) mass is 608 g/mol. The number of rotatable bonds is 12. The van der Waals surface area contributed by atoms with Crippen molar-refractivity contribution < 1.29 is 33.7 Å². The molecule has 3 N–H and O–H groups in total. The van der Waals surface area contributed by atoms with E-state index in [1.165, 1.54) is 11.3 Å². The minimum Gasteiger partial charge on any atom is -0.497 e. The molecule has 2 aliphatic carbocycles. The molecule has 43 heavy (non-hydrogen) atoms. The van der Waals surface area contributed by atoms with Crippen LogP contribution in [-0.4, -0.2) is 64.3 Å². The van der Waals surface area contributed by atoms with E-state index in [2.05, 4.69) is 22.2 Å². The minimum atomic E-state index is -1.21. The largest absolute Gasteiger partial charge is 0.497 e. The number of thiazole rings is 1. The highest BCUT2D eigenvalue weighted by Gasteiger charge is 2.62. The summed E-state index contributed by atoms with van der Waals surface area (Å²) in [4.78, 5) is 47.9. The Balaban J connectivity index is 1.42. The summed E-state index contributed by atoms with van der Waals surface area (Å²) in [6, 6.07) is 7.45. The van der Waals surface area contributed by atoms with Crippen molar-refractivity contribution in [3.63, 3.8) is 0 Å². The van der Waals surface area contributed by atoms with Crippen LogP contribution < -0.4 is 20.1 Å². The molecule has 5 atom stereocenters. The van der Waals surface area contributed by atoms with Crippen molar-refractivity contribution >= 4 is 45.2 Å². The molecule has 11 nitrogen and oxygen atoms in total. The third-order valence-corrected chi connectivity index (χ3v) is 8.68. The Bertz CT molecular complexity index is 1560. The Labute approximate surface area is 253 Å². The number of carbonyl (C=O) groups is 3. The molecule has 0 aliphatic heterocycles. The van der Waals surface area contributed by atoms with Gasteiger partial charge in [0.15, 0.2) is 5.13 Å². The molecule has 0 spiro atoms. The van der Waals surface area contributed by atoms with Gasteiger partial charge in [-0.05, 0) is 52.2 Å². The second-order valence-electron chi connectivity index (χ2n) is 11.2. The summed E-state index contributed by atoms with van der Waals surface area (Å²) in [5, 5.41) is 19.5. The molecular weight excluding hydrogens is 572 g/mol. The van der Waals surface area contributed by atoms with E-state index in [1.807, 2.05) is 25.3 Å². The van der Waals surface area contributed by atoms with Gasteiger partial charge in [-0.3, -0.25) is 9.59 Å². The Morgan fingerprint density at radius 1 is 1.19 bits per heavy atom. The molecule has 2 aromatic heterocycles. The van der Waals surface area contributed by atoms with Crippen LogP contribution in [0.3, 0.4) is 0 Å². The molecule has 0 saturated heterocycles. The van der Waals surface area contributed by atoms with E-state index in [4.69, 9.17) is 19.2 Å². The Kier molecular flexibility index (Phi) is 8.59. The van der Waals surface area contributed by atoms with Crippen LogP contribution in [0.1, 0.15) is 40.0 Å². The molecule has 2 aliphatic rings. The van der Waals surface area contributed by atoms with Gasteiger partial charge in [-0.15, -0.1) is 17.9 Å². The summed E-state index contributed by atoms with van der Waals surface area (Å²) < 4.78 is 17.1. The second kappa shape index (κ2) is 12.2. The molecule has 1 unspecified atom stereocenters. The van der Waals surface area contributed by atoms with Gasteiger partial charge in [0.1, 0.15) is 28.8 Å². The number of nitrogens with one attached hydrogen (secondary N) is 2. The maximum Gasteiger partial charge on any atom is 0.332 e. The van der Waals surface area contributed by atoms with Crippen molar-refractivity contribution in [2.24, 2.45) is 17.8 Å². The Hall–Kier alpha value is -4.19. The first kappa shape index (κ1) is 30.3. The number of fused-ring (bicyclic) bond motifs is 1. The van der Waals surface area contributed by atoms with E-state index < -0.39 is 41.3 Å². The third-order valence-electron chi connectivity index (χ3n) is 7.91. The summed E-state index contributed by atoms with van der Waals surface area (Å²) >= 11 is 1.47. The fourth-order valence-corrected chi connectivity index (χ4v) is 6.49. The maximum atomic E-state index is 13.5. The maximum absolute atomic E-state index is 13.5. The molecule has 228 valence electrons. The van der Waals surface area contributed by atoms with Gasteiger partial charge >= 0.3 is 11.9 Å². The number of benzene rings is 1. The van der Waals surface area contributed by atoms with Crippen molar-refractivity contribution in [3.8, 4) is 22.9 Å². The number of methoxy groups -OCH3 is 1. The van der Waals surface area contributed by atoms with Gasteiger partial charge in [0.2, 0.25) is 5.91 Å². The van der Waals surface area contributed by atoms with Crippen LogP contribution in [0.4, 0.5) is 5.13 Å². The minimum absolute atomic E-state index is 0.124. The van der Waals surface area contributed by atoms with E-state index >= 15 is 0 Å². The summed E-state index contributed by atoms with van der Waals surface area (Å²) in [6.45, 7) is 9.68. The zero-order valence-corrected chi connectivity index (χ0v) is 25.4. The summed E-state index contributed by atoms with van der Waals surface area (Å²) in [5.41, 5.74) is 0.677. The number of ether oxygens (including phenoxy) is 3. The second-order valence-corrected chi connectivity index (χ2v) is 12.1. The molecule has 3 aromatic rings. The Morgan fingerprint density at radius 2 is 1.95 bits per heavy atom. The van der Waals surface area contributed by atoms with Crippen LogP contribution in [0.2, 0.25) is 0 Å². The molecule has 0 bridgehead atoms. The predicted molar refractivity (Wildman–Crippen MR) is 162 cm³/mol. The van der Waals surface area contributed by atoms with E-state index in [9.17, 15) is 19.5 Å². The number of hydrogen-bond acceptors (Lipinski definition) is 10. The van der Waals surface area contributed by atoms with Crippen molar-refractivity contribution in [2.75, 3.05) is 19.0 Å². The number of amides is 1. The number of pyridine rings is 1. The topological polar surface area (TPSA) is 149 Å². The zero-order valence-electron chi connectivity index (χ0n) is 24.6. The molecular formula is C31H36N4O7S. The first-order valence-corrected chi connectivity index (χ1v) is 15.2. The number of carboxylic acid groups (broad SMARTS) is 1. The standard InChI is InChI=1S/C31H36N4O7S/c1-6-17-14-31(17,29(39)41-7-2)35-27(36)21-10-19(11-22(21)28(37)38)42-26-13-24(25-15-43-30(34-25)32-16(3)4)33-23-12-18(40-5)8-9-20(23)26/h6,8-9,12-13,15-17,19,21-22H,1,7,10-11,14H2,2-5H3,(H,32,34)(H,35,36)(H,37,38)/t17?,19-,21-,22-,31-/m1/s1. The molecule has 1 aromatic carbocycles. The van der Waals surface area contributed by atoms with Crippen LogP contribution in [-0.2, 0) is 19.1 Å². The number of anilines is 1. The van der Waals surface area contributed by atoms with Gasteiger partial charge in [-0.2, -0.15) is 0 Å². The van der Waals surface area contributed by atoms with E-state index in [0.29, 0.717) is 40.2 Å². The fourth-order valence-electron chi connectivity index (χ4n) is 5.64. The van der Waals surface area contributed by atoms with Crippen LogP contribution in [0.25, 0.3) is 22.3 Å². The normalized spacial score (nSPS) is 24.4. The molecule has 2 saturated carbocycles. The number of carbonyl (C=O) groups excluding carboxylic acids is 2. The van der Waals surface area contributed by atoms with Gasteiger partial charge in [0.25, 0.3) is 0 Å². The highest BCUT2D eigenvalue weighted by atomic mass is 32.1. The first-order valence-electron chi connectivity index (χ1n) is 14.3. The summed E-state index contributed by atoms with van der Waals surface area (Å²) in [6.07, 6.45) is 1.69. The third kappa shape index (κ3) is 6.15. The van der Waals surface area contributed by atoms with Gasteiger partial charge in [0.05, 0.1) is 36.8 Å². The first-order chi connectivity index (χ1) is 20.6. The fraction of sp³-hybridized carbons (Fsp3) is 0.452. The molecule has 0 radical (unpaired) electrons. The molecule has 12 heteroatoms. The van der Waals surface area contributed by atoms with Gasteiger partial charge in [-0.1, -0.05) is 6.08 Å².